The number of rotatable bonds is 5. The highest BCUT2D eigenvalue weighted by molar-refractivity contribution is 5.92. The zero-order valence-corrected chi connectivity index (χ0v) is 19.1. The van der Waals surface area contributed by atoms with Crippen LogP contribution in [0.1, 0.15) is 36.6 Å². The molecule has 3 rings (SSSR count). The summed E-state index contributed by atoms with van der Waals surface area (Å²) >= 11 is 0. The average Bonchev–Trinajstić information content (AvgIpc) is 2.78. The van der Waals surface area contributed by atoms with Crippen LogP contribution in [0.25, 0.3) is 0 Å². The zero-order valence-electron chi connectivity index (χ0n) is 19.1. The van der Waals surface area contributed by atoms with Crippen molar-refractivity contribution in [3.05, 3.63) is 88.2 Å². The van der Waals surface area contributed by atoms with Crippen molar-refractivity contribution in [2.45, 2.75) is 6.92 Å². The van der Waals surface area contributed by atoms with Crippen molar-refractivity contribution in [3.8, 4) is 17.2 Å². The Balaban J connectivity index is 0.000000271. The van der Waals surface area contributed by atoms with Crippen LogP contribution in [0, 0.1) is 24.4 Å². The molecule has 0 saturated carbocycles. The highest BCUT2D eigenvalue weighted by Crippen LogP contribution is 2.23. The molecule has 0 fully saturated rings. The van der Waals surface area contributed by atoms with Gasteiger partial charge in [-0.05, 0) is 42.8 Å². The van der Waals surface area contributed by atoms with Gasteiger partial charge in [-0.15, -0.1) is 0 Å². The normalized spacial score (nSPS) is 9.61. The number of carboxylic acid groups (broad SMARTS) is 3. The van der Waals surface area contributed by atoms with E-state index in [0.29, 0.717) is 5.56 Å². The molecule has 0 aliphatic rings. The maximum Gasteiger partial charge on any atom is 0.339 e. The van der Waals surface area contributed by atoms with Gasteiger partial charge in [-0.2, -0.15) is 0 Å². The Bertz CT molecular complexity index is 1260. The van der Waals surface area contributed by atoms with Crippen LogP contribution < -0.4 is 9.47 Å². The van der Waals surface area contributed by atoms with E-state index in [4.69, 9.17) is 25.2 Å². The Morgan fingerprint density at radius 2 is 1.14 bits per heavy atom. The summed E-state index contributed by atoms with van der Waals surface area (Å²) in [7, 11) is 2.60. The molecule has 0 spiro atoms. The predicted octanol–water partition coefficient (Wildman–Crippen LogP) is 4.60. The van der Waals surface area contributed by atoms with Crippen LogP contribution in [0.4, 0.5) is 13.2 Å². The fraction of sp³-hybridized carbons (Fsp3) is 0.125. The Morgan fingerprint density at radius 3 is 1.58 bits per heavy atom. The third kappa shape index (κ3) is 8.24. The van der Waals surface area contributed by atoms with E-state index < -0.39 is 41.1 Å². The van der Waals surface area contributed by atoms with Gasteiger partial charge in [0.1, 0.15) is 51.4 Å². The number of hydrogen-bond donors (Lipinski definition) is 4. The third-order valence-corrected chi connectivity index (χ3v) is 4.28. The van der Waals surface area contributed by atoms with Gasteiger partial charge < -0.3 is 29.9 Å². The minimum atomic E-state index is -1.28. The lowest BCUT2D eigenvalue weighted by Crippen LogP contribution is -2.03. The fourth-order valence-corrected chi connectivity index (χ4v) is 2.67. The molecule has 12 heteroatoms. The third-order valence-electron chi connectivity index (χ3n) is 4.28. The molecule has 0 aliphatic heterocycles. The van der Waals surface area contributed by atoms with Gasteiger partial charge in [-0.25, -0.2) is 27.6 Å². The predicted molar refractivity (Wildman–Crippen MR) is 120 cm³/mol. The quantitative estimate of drug-likeness (QED) is 0.386. The molecule has 3 aromatic rings. The topological polar surface area (TPSA) is 151 Å². The van der Waals surface area contributed by atoms with E-state index >= 15 is 0 Å². The minimum Gasteiger partial charge on any atom is -0.507 e. The summed E-state index contributed by atoms with van der Waals surface area (Å²) in [5.41, 5.74) is 0.0125. The van der Waals surface area contributed by atoms with E-state index in [1.807, 2.05) is 0 Å². The van der Waals surface area contributed by atoms with Crippen LogP contribution in [-0.2, 0) is 0 Å². The molecule has 4 N–H and O–H groups in total. The van der Waals surface area contributed by atoms with E-state index in [-0.39, 0.29) is 28.2 Å². The molecule has 0 aromatic heterocycles. The Hall–Kier alpha value is -4.74. The lowest BCUT2D eigenvalue weighted by molar-refractivity contribution is 0.0681. The molecule has 0 heterocycles. The average molecular weight is 510 g/mol. The van der Waals surface area contributed by atoms with E-state index in [0.717, 1.165) is 48.5 Å². The van der Waals surface area contributed by atoms with Crippen LogP contribution in [-0.4, -0.2) is 52.6 Å². The van der Waals surface area contributed by atoms with Crippen molar-refractivity contribution in [1.29, 1.82) is 0 Å². The number of methoxy groups -OCH3 is 2. The second kappa shape index (κ2) is 13.2. The number of aromatic carboxylic acids is 3. The van der Waals surface area contributed by atoms with E-state index in [2.05, 4.69) is 4.74 Å². The molecule has 36 heavy (non-hydrogen) atoms. The van der Waals surface area contributed by atoms with Gasteiger partial charge >= 0.3 is 17.9 Å². The Morgan fingerprint density at radius 1 is 0.667 bits per heavy atom. The van der Waals surface area contributed by atoms with Crippen LogP contribution in [0.15, 0.2) is 48.5 Å². The van der Waals surface area contributed by atoms with Gasteiger partial charge in [0.05, 0.1) is 14.2 Å². The second-order valence-electron chi connectivity index (χ2n) is 6.72. The number of carbonyl (C=O) groups is 3. The van der Waals surface area contributed by atoms with Crippen molar-refractivity contribution < 1.29 is 57.5 Å². The number of ether oxygens (including phenoxy) is 2. The summed E-state index contributed by atoms with van der Waals surface area (Å²) in [5.74, 6) is -5.68. The summed E-state index contributed by atoms with van der Waals surface area (Å²) in [6, 6.07) is 8.22. The van der Waals surface area contributed by atoms with Gasteiger partial charge in [0.25, 0.3) is 0 Å². The molecule has 192 valence electrons. The largest absolute Gasteiger partial charge is 0.507 e. The van der Waals surface area contributed by atoms with Crippen molar-refractivity contribution >= 4 is 17.9 Å². The number of benzene rings is 3. The van der Waals surface area contributed by atoms with E-state index in [1.165, 1.54) is 21.1 Å². The minimum absolute atomic E-state index is 0.00361. The summed E-state index contributed by atoms with van der Waals surface area (Å²) in [5, 5.41) is 34.6. The summed E-state index contributed by atoms with van der Waals surface area (Å²) in [4.78, 5) is 31.5. The molecule has 0 bridgehead atoms. The van der Waals surface area contributed by atoms with E-state index in [9.17, 15) is 27.6 Å². The maximum absolute atomic E-state index is 12.8. The first-order chi connectivity index (χ1) is 16.8. The molecule has 0 unspecified atom stereocenters. The number of phenols is 1. The number of aryl methyl sites for hydroxylation is 1. The Kier molecular flexibility index (Phi) is 10.8. The molecule has 3 aromatic carbocycles. The van der Waals surface area contributed by atoms with Gasteiger partial charge in [-0.3, -0.25) is 0 Å². The molecular weight excluding hydrogens is 489 g/mol. The van der Waals surface area contributed by atoms with Crippen LogP contribution in [0.2, 0.25) is 0 Å². The van der Waals surface area contributed by atoms with Gasteiger partial charge in [0.15, 0.2) is 0 Å². The molecule has 0 atom stereocenters. The summed E-state index contributed by atoms with van der Waals surface area (Å²) in [6.07, 6.45) is 0. The number of halogens is 3. The van der Waals surface area contributed by atoms with Crippen LogP contribution in [0.5, 0.6) is 17.2 Å². The molecule has 9 nitrogen and oxygen atoms in total. The fourth-order valence-electron chi connectivity index (χ4n) is 2.67. The first-order valence-corrected chi connectivity index (χ1v) is 9.68. The Labute approximate surface area is 202 Å². The van der Waals surface area contributed by atoms with Crippen molar-refractivity contribution in [3.63, 3.8) is 0 Å². The molecule has 0 saturated heterocycles. The summed E-state index contributed by atoms with van der Waals surface area (Å²) < 4.78 is 47.0. The smallest absolute Gasteiger partial charge is 0.339 e. The summed E-state index contributed by atoms with van der Waals surface area (Å²) in [6.45, 7) is 1.52. The zero-order chi connectivity index (χ0) is 27.6. The van der Waals surface area contributed by atoms with Crippen molar-refractivity contribution in [2.24, 2.45) is 0 Å². The van der Waals surface area contributed by atoms with E-state index in [1.54, 1.807) is 0 Å². The molecular formula is C24H21F3O9. The number of aromatic hydroxyl groups is 1. The highest BCUT2D eigenvalue weighted by Gasteiger charge is 2.15. The van der Waals surface area contributed by atoms with Crippen molar-refractivity contribution in [2.75, 3.05) is 14.2 Å². The van der Waals surface area contributed by atoms with Gasteiger partial charge in [0.2, 0.25) is 0 Å². The molecule has 0 aliphatic carbocycles. The lowest BCUT2D eigenvalue weighted by atomic mass is 10.1. The first-order valence-electron chi connectivity index (χ1n) is 9.68. The SMILES string of the molecule is COc1cc(F)cc(C)c1C(=O)O.COc1cc(F)ccc1C(=O)O.O=C(O)c1ccc(F)cc1O. The molecule has 0 amide bonds. The van der Waals surface area contributed by atoms with Crippen LogP contribution in [0.3, 0.4) is 0 Å². The van der Waals surface area contributed by atoms with Gasteiger partial charge in [-0.1, -0.05) is 0 Å². The standard InChI is InChI=1S/C9H9FO3.C8H7FO3.C7H5FO3/c1-5-3-6(10)4-7(13-2)8(5)9(11)12;1-12-7-4-5(9)2-3-6(7)8(10)11;8-4-1-2-5(7(10)11)6(9)3-4/h3-4H,1-2H3,(H,11,12);2-4H,1H3,(H,10,11);1-3,9H,(H,10,11). The lowest BCUT2D eigenvalue weighted by Gasteiger charge is -2.07. The number of hydrogen-bond acceptors (Lipinski definition) is 6. The van der Waals surface area contributed by atoms with Crippen LogP contribution >= 0.6 is 0 Å². The molecule has 0 radical (unpaired) electrons. The number of carboxylic acids is 3. The van der Waals surface area contributed by atoms with Crippen molar-refractivity contribution in [1.82, 2.24) is 0 Å². The maximum atomic E-state index is 12.8. The second-order valence-corrected chi connectivity index (χ2v) is 6.72. The first kappa shape index (κ1) is 29.3. The monoisotopic (exact) mass is 510 g/mol. The van der Waals surface area contributed by atoms with Gasteiger partial charge in [0, 0.05) is 18.2 Å². The highest BCUT2D eigenvalue weighted by atomic mass is 19.1.